The molecule has 0 aromatic rings. The minimum absolute atomic E-state index is 0.284. The summed E-state index contributed by atoms with van der Waals surface area (Å²) in [5.74, 6) is 0.720. The van der Waals surface area contributed by atoms with Gasteiger partial charge in [0.25, 0.3) is 0 Å². The average molecular weight is 302 g/mol. The van der Waals surface area contributed by atoms with E-state index >= 15 is 0 Å². The first kappa shape index (κ1) is 16.2. The van der Waals surface area contributed by atoms with Crippen LogP contribution in [0.1, 0.15) is 51.4 Å². The average Bonchev–Trinajstić information content (AvgIpc) is 2.85. The van der Waals surface area contributed by atoms with Crippen molar-refractivity contribution >= 4 is 9.84 Å². The molecule has 0 amide bonds. The SMILES string of the molecule is CN(CC1CCCCC1)C1(CN)CCCC1S(C)(=O)=O. The standard InChI is InChI=1S/C15H30N2O2S/c1-17(11-13-7-4-3-5-8-13)15(12-16)10-6-9-14(15)20(2,18)19/h13-14H,3-12,16H2,1-2H3. The molecule has 2 saturated carbocycles. The van der Waals surface area contributed by atoms with Gasteiger partial charge in [-0.05, 0) is 38.6 Å². The predicted octanol–water partition coefficient (Wildman–Crippen LogP) is 1.79. The van der Waals surface area contributed by atoms with Gasteiger partial charge in [0, 0.05) is 24.9 Å². The molecule has 2 fully saturated rings. The van der Waals surface area contributed by atoms with Crippen LogP contribution in [-0.2, 0) is 9.84 Å². The van der Waals surface area contributed by atoms with E-state index in [1.165, 1.54) is 38.4 Å². The Morgan fingerprint density at radius 2 is 1.80 bits per heavy atom. The molecule has 20 heavy (non-hydrogen) atoms. The lowest BCUT2D eigenvalue weighted by Crippen LogP contribution is -2.60. The van der Waals surface area contributed by atoms with Crippen LogP contribution in [0.5, 0.6) is 0 Å². The molecule has 2 N–H and O–H groups in total. The van der Waals surface area contributed by atoms with Crippen LogP contribution < -0.4 is 5.73 Å². The molecule has 2 rings (SSSR count). The van der Waals surface area contributed by atoms with Gasteiger partial charge in [-0.3, -0.25) is 4.90 Å². The first-order chi connectivity index (χ1) is 9.40. The highest BCUT2D eigenvalue weighted by Crippen LogP contribution is 2.39. The van der Waals surface area contributed by atoms with Gasteiger partial charge >= 0.3 is 0 Å². The van der Waals surface area contributed by atoms with Gasteiger partial charge in [0.2, 0.25) is 0 Å². The zero-order valence-corrected chi connectivity index (χ0v) is 13.8. The summed E-state index contributed by atoms with van der Waals surface area (Å²) in [5.41, 5.74) is 5.73. The van der Waals surface area contributed by atoms with Gasteiger partial charge in [0.05, 0.1) is 5.25 Å². The summed E-state index contributed by atoms with van der Waals surface area (Å²) in [6.07, 6.45) is 10.6. The van der Waals surface area contributed by atoms with E-state index < -0.39 is 9.84 Å². The molecule has 0 aliphatic heterocycles. The molecule has 0 aromatic carbocycles. The monoisotopic (exact) mass is 302 g/mol. The highest BCUT2D eigenvalue weighted by atomic mass is 32.2. The predicted molar refractivity (Wildman–Crippen MR) is 83.5 cm³/mol. The first-order valence-corrected chi connectivity index (χ1v) is 9.96. The maximum absolute atomic E-state index is 12.1. The Balaban J connectivity index is 2.12. The second-order valence-corrected chi connectivity index (χ2v) is 9.13. The van der Waals surface area contributed by atoms with Crippen molar-refractivity contribution in [3.05, 3.63) is 0 Å². The summed E-state index contributed by atoms with van der Waals surface area (Å²) in [6, 6.07) is 0. The fourth-order valence-corrected chi connectivity index (χ4v) is 6.19. The molecule has 0 spiro atoms. The minimum Gasteiger partial charge on any atom is -0.329 e. The van der Waals surface area contributed by atoms with Crippen molar-refractivity contribution in [2.75, 3.05) is 26.4 Å². The van der Waals surface area contributed by atoms with E-state index in [9.17, 15) is 8.42 Å². The summed E-state index contributed by atoms with van der Waals surface area (Å²) in [6.45, 7) is 1.46. The van der Waals surface area contributed by atoms with Crippen LogP contribution in [0.3, 0.4) is 0 Å². The fourth-order valence-electron chi connectivity index (χ4n) is 4.40. The van der Waals surface area contributed by atoms with E-state index in [0.29, 0.717) is 6.54 Å². The van der Waals surface area contributed by atoms with Crippen molar-refractivity contribution in [1.29, 1.82) is 0 Å². The van der Waals surface area contributed by atoms with Gasteiger partial charge < -0.3 is 5.73 Å². The van der Waals surface area contributed by atoms with E-state index in [1.54, 1.807) is 0 Å². The number of hydrogen-bond donors (Lipinski definition) is 1. The van der Waals surface area contributed by atoms with Gasteiger partial charge in [-0.2, -0.15) is 0 Å². The number of rotatable bonds is 5. The molecule has 0 bridgehead atoms. The Bertz CT molecular complexity index is 418. The third-order valence-electron chi connectivity index (χ3n) is 5.56. The molecule has 4 nitrogen and oxygen atoms in total. The highest BCUT2D eigenvalue weighted by molar-refractivity contribution is 7.91. The van der Waals surface area contributed by atoms with E-state index in [-0.39, 0.29) is 10.8 Å². The van der Waals surface area contributed by atoms with Crippen molar-refractivity contribution in [3.8, 4) is 0 Å². The van der Waals surface area contributed by atoms with Crippen molar-refractivity contribution in [1.82, 2.24) is 4.90 Å². The highest BCUT2D eigenvalue weighted by Gasteiger charge is 2.50. The molecular weight excluding hydrogens is 272 g/mol. The van der Waals surface area contributed by atoms with E-state index in [2.05, 4.69) is 11.9 Å². The topological polar surface area (TPSA) is 63.4 Å². The van der Waals surface area contributed by atoms with Crippen LogP contribution in [0, 0.1) is 5.92 Å². The maximum atomic E-state index is 12.1. The van der Waals surface area contributed by atoms with E-state index in [4.69, 9.17) is 5.73 Å². The summed E-state index contributed by atoms with van der Waals surface area (Å²) < 4.78 is 24.2. The van der Waals surface area contributed by atoms with Crippen LogP contribution in [0.25, 0.3) is 0 Å². The molecule has 118 valence electrons. The maximum Gasteiger partial charge on any atom is 0.152 e. The van der Waals surface area contributed by atoms with E-state index in [1.807, 2.05) is 0 Å². The van der Waals surface area contributed by atoms with Crippen molar-refractivity contribution in [2.45, 2.75) is 62.2 Å². The molecular formula is C15H30N2O2S. The molecule has 2 aliphatic carbocycles. The van der Waals surface area contributed by atoms with Gasteiger partial charge in [0.15, 0.2) is 9.84 Å². The number of sulfone groups is 1. The smallest absolute Gasteiger partial charge is 0.152 e. The molecule has 0 radical (unpaired) electrons. The lowest BCUT2D eigenvalue weighted by atomic mass is 9.87. The summed E-state index contributed by atoms with van der Waals surface area (Å²) in [4.78, 5) is 2.29. The van der Waals surface area contributed by atoms with Gasteiger partial charge in [-0.25, -0.2) is 8.42 Å². The zero-order chi connectivity index (χ0) is 14.8. The quantitative estimate of drug-likeness (QED) is 0.841. The molecule has 0 heterocycles. The number of nitrogens with two attached hydrogens (primary N) is 1. The normalized spacial score (nSPS) is 32.9. The number of likely N-dealkylation sites (N-methyl/N-ethyl adjacent to an activating group) is 1. The molecule has 5 heteroatoms. The largest absolute Gasteiger partial charge is 0.329 e. The zero-order valence-electron chi connectivity index (χ0n) is 13.0. The van der Waals surface area contributed by atoms with Crippen molar-refractivity contribution < 1.29 is 8.42 Å². The summed E-state index contributed by atoms with van der Waals surface area (Å²) in [7, 11) is -0.941. The lowest BCUT2D eigenvalue weighted by Gasteiger charge is -2.44. The fraction of sp³-hybridized carbons (Fsp3) is 1.00. The van der Waals surface area contributed by atoms with Gasteiger partial charge in [0.1, 0.15) is 0 Å². The van der Waals surface area contributed by atoms with Gasteiger partial charge in [-0.1, -0.05) is 25.7 Å². The Labute approximate surface area is 124 Å². The second-order valence-electron chi connectivity index (χ2n) is 6.90. The minimum atomic E-state index is -3.03. The molecule has 0 saturated heterocycles. The van der Waals surface area contributed by atoms with Crippen molar-refractivity contribution in [3.63, 3.8) is 0 Å². The Hall–Kier alpha value is -0.130. The third kappa shape index (κ3) is 3.20. The lowest BCUT2D eigenvalue weighted by molar-refractivity contribution is 0.102. The molecule has 2 unspecified atom stereocenters. The van der Waals surface area contributed by atoms with Crippen LogP contribution >= 0.6 is 0 Å². The number of hydrogen-bond acceptors (Lipinski definition) is 4. The van der Waals surface area contributed by atoms with Crippen LogP contribution in [0.15, 0.2) is 0 Å². The van der Waals surface area contributed by atoms with Crippen LogP contribution in [-0.4, -0.2) is 50.5 Å². The number of nitrogens with zero attached hydrogens (tertiary/aromatic N) is 1. The molecule has 2 aliphatic rings. The first-order valence-electron chi connectivity index (χ1n) is 8.00. The Morgan fingerprint density at radius 1 is 1.15 bits per heavy atom. The summed E-state index contributed by atoms with van der Waals surface area (Å²) in [5, 5.41) is -0.284. The Kier molecular flexibility index (Phi) is 5.14. The Morgan fingerprint density at radius 3 is 2.35 bits per heavy atom. The van der Waals surface area contributed by atoms with Crippen LogP contribution in [0.4, 0.5) is 0 Å². The third-order valence-corrected chi connectivity index (χ3v) is 7.27. The van der Waals surface area contributed by atoms with Crippen LogP contribution in [0.2, 0.25) is 0 Å². The van der Waals surface area contributed by atoms with Crippen molar-refractivity contribution in [2.24, 2.45) is 11.7 Å². The molecule has 2 atom stereocenters. The molecule has 0 aromatic heterocycles. The second kappa shape index (κ2) is 6.32. The van der Waals surface area contributed by atoms with E-state index in [0.717, 1.165) is 31.7 Å². The summed E-state index contributed by atoms with van der Waals surface area (Å²) >= 11 is 0. The van der Waals surface area contributed by atoms with Gasteiger partial charge in [-0.15, -0.1) is 0 Å².